The minimum absolute atomic E-state index is 0.0265. The van der Waals surface area contributed by atoms with Crippen LogP contribution in [-0.4, -0.2) is 50.6 Å². The van der Waals surface area contributed by atoms with Crippen LogP contribution >= 0.6 is 0 Å². The van der Waals surface area contributed by atoms with Crippen LogP contribution in [0.1, 0.15) is 19.4 Å². The van der Waals surface area contributed by atoms with Crippen LogP contribution in [0.25, 0.3) is 6.08 Å². The van der Waals surface area contributed by atoms with Gasteiger partial charge in [-0.2, -0.15) is 0 Å². The van der Waals surface area contributed by atoms with Crippen molar-refractivity contribution in [2.75, 3.05) is 33.1 Å². The molecule has 2 aromatic rings. The molecule has 0 heterocycles. The third kappa shape index (κ3) is 6.84. The number of nitrogens with zero attached hydrogens (tertiary/aromatic N) is 1. The smallest absolute Gasteiger partial charge is 0.246 e. The summed E-state index contributed by atoms with van der Waals surface area (Å²) in [4.78, 5) is 25.9. The van der Waals surface area contributed by atoms with Gasteiger partial charge in [0.15, 0.2) is 11.5 Å². The van der Waals surface area contributed by atoms with Gasteiger partial charge in [-0.1, -0.05) is 12.1 Å². The fraction of sp³-hybridized carbons (Fsp3) is 0.304. The Balaban J connectivity index is 1.95. The van der Waals surface area contributed by atoms with Crippen molar-refractivity contribution in [3.8, 4) is 17.2 Å². The Bertz CT molecular complexity index is 908. The first-order valence-electron chi connectivity index (χ1n) is 9.54. The first-order valence-corrected chi connectivity index (χ1v) is 9.54. The van der Waals surface area contributed by atoms with E-state index in [0.717, 1.165) is 5.56 Å². The number of methoxy groups -OCH3 is 2. The zero-order valence-corrected chi connectivity index (χ0v) is 18.0. The highest BCUT2D eigenvalue weighted by atomic mass is 16.5. The summed E-state index contributed by atoms with van der Waals surface area (Å²) in [6, 6.07) is 12.4. The van der Waals surface area contributed by atoms with Gasteiger partial charge in [-0.15, -0.1) is 0 Å². The molecule has 30 heavy (non-hydrogen) atoms. The Kier molecular flexibility index (Phi) is 8.29. The maximum absolute atomic E-state index is 12.4. The van der Waals surface area contributed by atoms with Gasteiger partial charge in [0, 0.05) is 24.9 Å². The van der Waals surface area contributed by atoms with Crippen LogP contribution in [0.2, 0.25) is 0 Å². The lowest BCUT2D eigenvalue weighted by atomic mass is 10.2. The van der Waals surface area contributed by atoms with E-state index >= 15 is 0 Å². The fourth-order valence-corrected chi connectivity index (χ4v) is 2.63. The number of carbonyl (C=O) groups excluding carboxylic acids is 2. The summed E-state index contributed by atoms with van der Waals surface area (Å²) in [5.74, 6) is 1.27. The van der Waals surface area contributed by atoms with E-state index < -0.39 is 0 Å². The Morgan fingerprint density at radius 2 is 1.83 bits per heavy atom. The first-order chi connectivity index (χ1) is 14.3. The van der Waals surface area contributed by atoms with Crippen LogP contribution < -0.4 is 19.5 Å². The summed E-state index contributed by atoms with van der Waals surface area (Å²) in [6.07, 6.45) is 3.11. The number of benzene rings is 2. The number of amides is 2. The van der Waals surface area contributed by atoms with Crippen molar-refractivity contribution in [3.05, 3.63) is 54.1 Å². The second-order valence-corrected chi connectivity index (χ2v) is 6.88. The topological polar surface area (TPSA) is 77.1 Å². The number of hydrogen-bond donors (Lipinski definition) is 1. The van der Waals surface area contributed by atoms with Crippen LogP contribution in [0, 0.1) is 0 Å². The van der Waals surface area contributed by atoms with E-state index in [9.17, 15) is 9.59 Å². The predicted octanol–water partition coefficient (Wildman–Crippen LogP) is 3.60. The molecule has 2 amide bonds. The van der Waals surface area contributed by atoms with Gasteiger partial charge in [-0.3, -0.25) is 9.59 Å². The predicted molar refractivity (Wildman–Crippen MR) is 117 cm³/mol. The Hall–Kier alpha value is -3.48. The molecule has 7 nitrogen and oxygen atoms in total. The second kappa shape index (κ2) is 10.9. The van der Waals surface area contributed by atoms with Gasteiger partial charge in [0.25, 0.3) is 0 Å². The highest BCUT2D eigenvalue weighted by Gasteiger charge is 2.12. The highest BCUT2D eigenvalue weighted by molar-refractivity contribution is 5.98. The average molecular weight is 412 g/mol. The minimum Gasteiger partial charge on any atom is -0.497 e. The van der Waals surface area contributed by atoms with Gasteiger partial charge in [-0.25, -0.2) is 0 Å². The van der Waals surface area contributed by atoms with Gasteiger partial charge in [0.2, 0.25) is 11.8 Å². The van der Waals surface area contributed by atoms with Crippen molar-refractivity contribution in [3.63, 3.8) is 0 Å². The lowest BCUT2D eigenvalue weighted by Gasteiger charge is -2.15. The van der Waals surface area contributed by atoms with Crippen LogP contribution in [0.5, 0.6) is 17.2 Å². The van der Waals surface area contributed by atoms with E-state index in [4.69, 9.17) is 14.2 Å². The molecule has 0 spiro atoms. The molecule has 0 radical (unpaired) electrons. The van der Waals surface area contributed by atoms with E-state index in [1.54, 1.807) is 63.7 Å². The van der Waals surface area contributed by atoms with E-state index in [1.165, 1.54) is 11.0 Å². The maximum atomic E-state index is 12.4. The first kappa shape index (κ1) is 22.8. The zero-order chi connectivity index (χ0) is 22.1. The third-order valence-electron chi connectivity index (χ3n) is 4.08. The highest BCUT2D eigenvalue weighted by Crippen LogP contribution is 2.29. The number of rotatable bonds is 9. The number of nitrogens with one attached hydrogen (secondary N) is 1. The summed E-state index contributed by atoms with van der Waals surface area (Å²) in [7, 11) is 4.69. The molecule has 1 N–H and O–H groups in total. The molecular formula is C23H28N2O5. The van der Waals surface area contributed by atoms with Crippen LogP contribution in [-0.2, 0) is 9.59 Å². The molecule has 0 aromatic heterocycles. The Labute approximate surface area is 177 Å². The summed E-state index contributed by atoms with van der Waals surface area (Å²) in [6.45, 7) is 3.79. The minimum atomic E-state index is -0.302. The molecule has 0 atom stereocenters. The molecule has 0 aliphatic rings. The quantitative estimate of drug-likeness (QED) is 0.637. The maximum Gasteiger partial charge on any atom is 0.246 e. The number of likely N-dealkylation sites (N-methyl/N-ethyl adjacent to an activating group) is 1. The van der Waals surface area contributed by atoms with Gasteiger partial charge in [0.1, 0.15) is 5.75 Å². The van der Waals surface area contributed by atoms with Crippen molar-refractivity contribution in [1.29, 1.82) is 0 Å². The van der Waals surface area contributed by atoms with Crippen molar-refractivity contribution in [2.24, 2.45) is 0 Å². The van der Waals surface area contributed by atoms with E-state index in [1.807, 2.05) is 19.9 Å². The molecule has 0 fully saturated rings. The summed E-state index contributed by atoms with van der Waals surface area (Å²) >= 11 is 0. The van der Waals surface area contributed by atoms with Crippen LogP contribution in [0.3, 0.4) is 0 Å². The van der Waals surface area contributed by atoms with Gasteiger partial charge in [0.05, 0.1) is 26.9 Å². The molecule has 2 rings (SSSR count). The normalized spacial score (nSPS) is 10.7. The monoisotopic (exact) mass is 412 g/mol. The van der Waals surface area contributed by atoms with Crippen molar-refractivity contribution < 1.29 is 23.8 Å². The van der Waals surface area contributed by atoms with Crippen LogP contribution in [0.15, 0.2) is 48.5 Å². The molecular weight excluding hydrogens is 384 g/mol. The fourth-order valence-electron chi connectivity index (χ4n) is 2.63. The molecule has 0 aliphatic heterocycles. The SMILES string of the molecule is COc1cccc(NC(=O)CN(C)C(=O)/C=C/c2ccc(OC(C)C)c(OC)c2)c1. The third-order valence-corrected chi connectivity index (χ3v) is 4.08. The van der Waals surface area contributed by atoms with E-state index in [0.29, 0.717) is 22.9 Å². The largest absolute Gasteiger partial charge is 0.497 e. The average Bonchev–Trinajstić information content (AvgIpc) is 2.72. The molecule has 0 saturated carbocycles. The number of carbonyl (C=O) groups is 2. The molecule has 7 heteroatoms. The molecule has 160 valence electrons. The molecule has 0 bridgehead atoms. The Morgan fingerprint density at radius 1 is 1.07 bits per heavy atom. The van der Waals surface area contributed by atoms with Crippen molar-refractivity contribution in [1.82, 2.24) is 4.90 Å². The summed E-state index contributed by atoms with van der Waals surface area (Å²) < 4.78 is 16.2. The summed E-state index contributed by atoms with van der Waals surface area (Å²) in [5, 5.41) is 2.75. The molecule has 0 unspecified atom stereocenters. The molecule has 0 aliphatic carbocycles. The lowest BCUT2D eigenvalue weighted by molar-refractivity contribution is -0.129. The van der Waals surface area contributed by atoms with Crippen molar-refractivity contribution in [2.45, 2.75) is 20.0 Å². The lowest BCUT2D eigenvalue weighted by Crippen LogP contribution is -2.33. The Morgan fingerprint density at radius 3 is 2.50 bits per heavy atom. The van der Waals surface area contributed by atoms with E-state index in [2.05, 4.69) is 5.32 Å². The second-order valence-electron chi connectivity index (χ2n) is 6.88. The summed E-state index contributed by atoms with van der Waals surface area (Å²) in [5.41, 5.74) is 1.39. The van der Waals surface area contributed by atoms with Crippen LogP contribution in [0.4, 0.5) is 5.69 Å². The van der Waals surface area contributed by atoms with Gasteiger partial charge in [-0.05, 0) is 49.8 Å². The number of anilines is 1. The molecule has 0 saturated heterocycles. The van der Waals surface area contributed by atoms with Crippen molar-refractivity contribution >= 4 is 23.6 Å². The molecule has 2 aromatic carbocycles. The van der Waals surface area contributed by atoms with E-state index in [-0.39, 0.29) is 24.5 Å². The standard InChI is InChI=1S/C23H28N2O5/c1-16(2)30-20-11-9-17(13-21(20)29-5)10-12-23(27)25(3)15-22(26)24-18-7-6-8-19(14-18)28-4/h6-14,16H,15H2,1-5H3,(H,24,26)/b12-10+. The number of hydrogen-bond acceptors (Lipinski definition) is 5. The van der Waals surface area contributed by atoms with Gasteiger partial charge >= 0.3 is 0 Å². The number of ether oxygens (including phenoxy) is 3. The van der Waals surface area contributed by atoms with Gasteiger partial charge < -0.3 is 24.4 Å². The zero-order valence-electron chi connectivity index (χ0n) is 18.0.